The molecule has 0 aromatic rings. The molecule has 2 aliphatic rings. The molecule has 0 amide bonds. The van der Waals surface area contributed by atoms with E-state index in [1.54, 1.807) is 11.2 Å². The first-order valence-electron chi connectivity index (χ1n) is 6.56. The first-order chi connectivity index (χ1) is 9.30. The van der Waals surface area contributed by atoms with Crippen molar-refractivity contribution in [2.45, 2.75) is 38.6 Å². The van der Waals surface area contributed by atoms with Crippen LogP contribution in [0.25, 0.3) is 0 Å². The molecule has 0 spiro atoms. The van der Waals surface area contributed by atoms with E-state index in [9.17, 15) is 5.26 Å². The van der Waals surface area contributed by atoms with Gasteiger partial charge in [0.1, 0.15) is 29.2 Å². The van der Waals surface area contributed by atoms with Crippen molar-refractivity contribution in [2.75, 3.05) is 12.9 Å². The van der Waals surface area contributed by atoms with E-state index in [1.807, 2.05) is 13.2 Å². The summed E-state index contributed by atoms with van der Waals surface area (Å²) in [6, 6.07) is 2.72. The molecule has 1 aliphatic heterocycles. The van der Waals surface area contributed by atoms with Crippen LogP contribution in [0.2, 0.25) is 0 Å². The summed E-state index contributed by atoms with van der Waals surface area (Å²) in [6.07, 6.45) is 8.52. The molecule has 1 N–H and O–H groups in total. The van der Waals surface area contributed by atoms with E-state index in [1.165, 1.54) is 24.6 Å². The minimum absolute atomic E-state index is 0.453. The number of nitrogens with zero attached hydrogens (tertiary/aromatic N) is 4. The van der Waals surface area contributed by atoms with Crippen molar-refractivity contribution in [2.24, 2.45) is 10.1 Å². The van der Waals surface area contributed by atoms with Gasteiger partial charge in [0.2, 0.25) is 0 Å². The van der Waals surface area contributed by atoms with E-state index in [4.69, 9.17) is 0 Å². The summed E-state index contributed by atoms with van der Waals surface area (Å²) in [7, 11) is 0. The summed E-state index contributed by atoms with van der Waals surface area (Å²) >= 11 is 1.51. The minimum Gasteiger partial charge on any atom is -0.366 e. The highest BCUT2D eigenvalue weighted by Gasteiger charge is 2.26. The fourth-order valence-electron chi connectivity index (χ4n) is 2.42. The predicted molar refractivity (Wildman–Crippen MR) is 79.9 cm³/mol. The SMILES string of the molecule is C/C=N\N1CN=C(SC)C(C#N)=C1NC1CCCC1. The average molecular weight is 277 g/mol. The lowest BCUT2D eigenvalue weighted by molar-refractivity contribution is 0.327. The Balaban J connectivity index is 2.28. The van der Waals surface area contributed by atoms with Gasteiger partial charge in [-0.2, -0.15) is 10.4 Å². The second kappa shape index (κ2) is 6.62. The number of thioether (sulfide) groups is 1. The average Bonchev–Trinajstić information content (AvgIpc) is 2.93. The molecule has 0 aromatic heterocycles. The summed E-state index contributed by atoms with van der Waals surface area (Å²) in [6.45, 7) is 2.34. The molecule has 1 saturated carbocycles. The summed E-state index contributed by atoms with van der Waals surface area (Å²) in [5, 5.41) is 19.8. The molecule has 1 aliphatic carbocycles. The van der Waals surface area contributed by atoms with E-state index < -0.39 is 0 Å². The van der Waals surface area contributed by atoms with Crippen LogP contribution in [-0.2, 0) is 0 Å². The van der Waals surface area contributed by atoms with E-state index in [2.05, 4.69) is 21.5 Å². The Bertz CT molecular complexity index is 454. The molecule has 6 heteroatoms. The molecule has 19 heavy (non-hydrogen) atoms. The van der Waals surface area contributed by atoms with Gasteiger partial charge in [0.05, 0.1) is 0 Å². The van der Waals surface area contributed by atoms with Gasteiger partial charge in [-0.15, -0.1) is 11.8 Å². The van der Waals surface area contributed by atoms with Gasteiger partial charge in [-0.25, -0.2) is 5.01 Å². The summed E-state index contributed by atoms with van der Waals surface area (Å²) in [5.41, 5.74) is 0.608. The Hall–Kier alpha value is -1.48. The number of hydrogen-bond donors (Lipinski definition) is 1. The van der Waals surface area contributed by atoms with Gasteiger partial charge in [0.15, 0.2) is 0 Å². The fourth-order valence-corrected chi connectivity index (χ4v) is 2.96. The Morgan fingerprint density at radius 1 is 1.53 bits per heavy atom. The zero-order valence-corrected chi connectivity index (χ0v) is 12.2. The van der Waals surface area contributed by atoms with Crippen LogP contribution in [-0.4, -0.2) is 35.2 Å². The molecule has 0 unspecified atom stereocenters. The minimum atomic E-state index is 0.453. The maximum absolute atomic E-state index is 9.40. The molecule has 0 aromatic carbocycles. The van der Waals surface area contributed by atoms with Crippen LogP contribution in [0.3, 0.4) is 0 Å². The molecule has 0 bridgehead atoms. The summed E-state index contributed by atoms with van der Waals surface area (Å²) in [4.78, 5) is 4.40. The smallest absolute Gasteiger partial charge is 0.145 e. The Labute approximate surface area is 118 Å². The van der Waals surface area contributed by atoms with Crippen molar-refractivity contribution in [3.05, 3.63) is 11.4 Å². The molecule has 5 nitrogen and oxygen atoms in total. The van der Waals surface area contributed by atoms with Crippen LogP contribution >= 0.6 is 11.8 Å². The molecule has 102 valence electrons. The number of nitrogens with one attached hydrogen (secondary N) is 1. The lowest BCUT2D eigenvalue weighted by atomic mass is 10.2. The van der Waals surface area contributed by atoms with Gasteiger partial charge in [-0.05, 0) is 26.0 Å². The second-order valence-corrected chi connectivity index (χ2v) is 5.34. The Morgan fingerprint density at radius 3 is 2.84 bits per heavy atom. The third-order valence-electron chi connectivity index (χ3n) is 3.31. The predicted octanol–water partition coefficient (Wildman–Crippen LogP) is 2.29. The van der Waals surface area contributed by atoms with Crippen LogP contribution in [0.15, 0.2) is 21.5 Å². The second-order valence-electron chi connectivity index (χ2n) is 4.54. The van der Waals surface area contributed by atoms with Crippen LogP contribution in [0.1, 0.15) is 32.6 Å². The van der Waals surface area contributed by atoms with Gasteiger partial charge in [-0.1, -0.05) is 12.8 Å². The van der Waals surface area contributed by atoms with Gasteiger partial charge in [-0.3, -0.25) is 4.99 Å². The molecule has 2 rings (SSSR count). The van der Waals surface area contributed by atoms with Gasteiger partial charge >= 0.3 is 0 Å². The lowest BCUT2D eigenvalue weighted by Gasteiger charge is -2.29. The zero-order chi connectivity index (χ0) is 13.7. The molecule has 1 fully saturated rings. The summed E-state index contributed by atoms with van der Waals surface area (Å²) in [5.74, 6) is 0.812. The maximum Gasteiger partial charge on any atom is 0.145 e. The van der Waals surface area contributed by atoms with Gasteiger partial charge in [0, 0.05) is 12.3 Å². The van der Waals surface area contributed by atoms with E-state index in [-0.39, 0.29) is 0 Å². The number of nitriles is 1. The van der Waals surface area contributed by atoms with E-state index in [0.29, 0.717) is 18.3 Å². The molecule has 1 heterocycles. The van der Waals surface area contributed by atoms with Crippen molar-refractivity contribution < 1.29 is 0 Å². The third-order valence-corrected chi connectivity index (χ3v) is 4.03. The van der Waals surface area contributed by atoms with Crippen molar-refractivity contribution in [3.8, 4) is 6.07 Å². The van der Waals surface area contributed by atoms with Crippen molar-refractivity contribution in [3.63, 3.8) is 0 Å². The highest BCUT2D eigenvalue weighted by molar-refractivity contribution is 8.13. The largest absolute Gasteiger partial charge is 0.366 e. The normalized spacial score (nSPS) is 20.9. The molecular formula is C13H19N5S. The third kappa shape index (κ3) is 3.10. The quantitative estimate of drug-likeness (QED) is 0.804. The summed E-state index contributed by atoms with van der Waals surface area (Å²) < 4.78 is 0. The van der Waals surface area contributed by atoms with Crippen LogP contribution in [0.5, 0.6) is 0 Å². The van der Waals surface area contributed by atoms with Crippen LogP contribution in [0.4, 0.5) is 0 Å². The topological polar surface area (TPSA) is 63.8 Å². The molecular weight excluding hydrogens is 258 g/mol. The number of rotatable bonds is 3. The Kier molecular flexibility index (Phi) is 4.86. The van der Waals surface area contributed by atoms with E-state index in [0.717, 1.165) is 23.7 Å². The molecule has 0 radical (unpaired) electrons. The monoisotopic (exact) mass is 277 g/mol. The van der Waals surface area contributed by atoms with Gasteiger partial charge < -0.3 is 5.32 Å². The van der Waals surface area contributed by atoms with E-state index >= 15 is 0 Å². The highest BCUT2D eigenvalue weighted by Crippen LogP contribution is 2.24. The van der Waals surface area contributed by atoms with Crippen LogP contribution < -0.4 is 5.32 Å². The number of aliphatic imine (C=N–C) groups is 1. The van der Waals surface area contributed by atoms with Gasteiger partial charge in [0.25, 0.3) is 0 Å². The first kappa shape index (κ1) is 13.9. The molecule has 0 saturated heterocycles. The zero-order valence-electron chi connectivity index (χ0n) is 11.4. The fraction of sp³-hybridized carbons (Fsp3) is 0.615. The van der Waals surface area contributed by atoms with Crippen LogP contribution in [0, 0.1) is 11.3 Å². The highest BCUT2D eigenvalue weighted by atomic mass is 32.2. The maximum atomic E-state index is 9.40. The van der Waals surface area contributed by atoms with Crippen molar-refractivity contribution >= 4 is 23.0 Å². The number of hydrogen-bond acceptors (Lipinski definition) is 6. The lowest BCUT2D eigenvalue weighted by Crippen LogP contribution is -2.38. The first-order valence-corrected chi connectivity index (χ1v) is 7.78. The number of hydrazone groups is 1. The Morgan fingerprint density at radius 2 is 2.26 bits per heavy atom. The van der Waals surface area contributed by atoms with Crippen molar-refractivity contribution in [1.29, 1.82) is 5.26 Å². The molecule has 0 atom stereocenters. The van der Waals surface area contributed by atoms with Crippen molar-refractivity contribution in [1.82, 2.24) is 10.3 Å². The standard InChI is InChI=1S/C13H19N5S/c1-3-16-18-9-15-13(19-2)11(8-14)12(18)17-10-6-4-5-7-10/h3,10,17H,4-7,9H2,1-2H3/b16-3-.